The zero-order valence-corrected chi connectivity index (χ0v) is 18.7. The number of aliphatic imine (C=N–C) groups is 1. The van der Waals surface area contributed by atoms with Crippen LogP contribution in [0.4, 0.5) is 5.69 Å². The van der Waals surface area contributed by atoms with Gasteiger partial charge in [0.2, 0.25) is 0 Å². The Morgan fingerprint density at radius 1 is 1.19 bits per heavy atom. The number of nitrogens with zero attached hydrogens (tertiary/aromatic N) is 2. The molecule has 0 spiro atoms. The SMILES string of the molecule is CCNC(=NCCN1CCC(C)CC1)Nc1ccc(OC)c(OC)c1.I. The topological polar surface area (TPSA) is 58.1 Å². The van der Waals surface area contributed by atoms with Gasteiger partial charge < -0.3 is 25.0 Å². The second kappa shape index (κ2) is 12.2. The third-order valence-corrected chi connectivity index (χ3v) is 4.55. The van der Waals surface area contributed by atoms with Gasteiger partial charge in [-0.05, 0) is 50.9 Å². The Bertz CT molecular complexity index is 560. The fourth-order valence-electron chi connectivity index (χ4n) is 2.95. The van der Waals surface area contributed by atoms with E-state index < -0.39 is 0 Å². The number of anilines is 1. The quantitative estimate of drug-likeness (QED) is 0.359. The third-order valence-electron chi connectivity index (χ3n) is 4.55. The van der Waals surface area contributed by atoms with Gasteiger partial charge in [0.15, 0.2) is 17.5 Å². The summed E-state index contributed by atoms with van der Waals surface area (Å²) in [6.07, 6.45) is 2.60. The van der Waals surface area contributed by atoms with Gasteiger partial charge in [0, 0.05) is 24.8 Å². The number of methoxy groups -OCH3 is 2. The monoisotopic (exact) mass is 476 g/mol. The smallest absolute Gasteiger partial charge is 0.195 e. The molecule has 1 heterocycles. The van der Waals surface area contributed by atoms with Crippen LogP contribution in [-0.2, 0) is 0 Å². The van der Waals surface area contributed by atoms with Crippen molar-refractivity contribution in [3.8, 4) is 11.5 Å². The highest BCUT2D eigenvalue weighted by molar-refractivity contribution is 14.0. The van der Waals surface area contributed by atoms with Gasteiger partial charge in [-0.1, -0.05) is 6.92 Å². The standard InChI is InChI=1S/C19H32N4O2.HI/c1-5-20-19(21-10-13-23-11-8-15(2)9-12-23)22-16-6-7-17(24-3)18(14-16)25-4;/h6-7,14-15H,5,8-13H2,1-4H3,(H2,20,21,22);1H. The molecule has 0 aromatic heterocycles. The maximum absolute atomic E-state index is 5.36. The van der Waals surface area contributed by atoms with E-state index in [0.29, 0.717) is 11.5 Å². The van der Waals surface area contributed by atoms with E-state index in [2.05, 4.69) is 29.4 Å². The molecule has 0 aliphatic carbocycles. The third kappa shape index (κ3) is 7.19. The van der Waals surface area contributed by atoms with E-state index in [9.17, 15) is 0 Å². The first-order valence-corrected chi connectivity index (χ1v) is 9.16. The molecule has 1 fully saturated rings. The van der Waals surface area contributed by atoms with Crippen molar-refractivity contribution in [3.05, 3.63) is 18.2 Å². The summed E-state index contributed by atoms with van der Waals surface area (Å²) in [5.41, 5.74) is 0.921. The highest BCUT2D eigenvalue weighted by atomic mass is 127. The largest absolute Gasteiger partial charge is 0.493 e. The molecule has 6 nitrogen and oxygen atoms in total. The van der Waals surface area contributed by atoms with E-state index in [4.69, 9.17) is 14.5 Å². The van der Waals surface area contributed by atoms with Crippen LogP contribution in [0.5, 0.6) is 11.5 Å². The number of hydrogen-bond donors (Lipinski definition) is 2. The summed E-state index contributed by atoms with van der Waals surface area (Å²) < 4.78 is 10.6. The minimum absolute atomic E-state index is 0. The van der Waals surface area contributed by atoms with Crippen LogP contribution in [0.1, 0.15) is 26.7 Å². The first kappa shape index (κ1) is 22.8. The molecule has 1 aliphatic rings. The minimum Gasteiger partial charge on any atom is -0.493 e. The van der Waals surface area contributed by atoms with Crippen LogP contribution in [0.15, 0.2) is 23.2 Å². The zero-order chi connectivity index (χ0) is 18.1. The Labute approximate surface area is 174 Å². The number of ether oxygens (including phenoxy) is 2. The van der Waals surface area contributed by atoms with Crippen molar-refractivity contribution in [2.45, 2.75) is 26.7 Å². The highest BCUT2D eigenvalue weighted by Crippen LogP contribution is 2.29. The lowest BCUT2D eigenvalue weighted by Crippen LogP contribution is -2.36. The van der Waals surface area contributed by atoms with Crippen molar-refractivity contribution in [1.82, 2.24) is 10.2 Å². The molecule has 2 N–H and O–H groups in total. The van der Waals surface area contributed by atoms with Crippen LogP contribution in [-0.4, -0.2) is 57.8 Å². The summed E-state index contributed by atoms with van der Waals surface area (Å²) in [4.78, 5) is 7.20. The van der Waals surface area contributed by atoms with Gasteiger partial charge in [0.1, 0.15) is 0 Å². The van der Waals surface area contributed by atoms with Crippen LogP contribution < -0.4 is 20.1 Å². The minimum atomic E-state index is 0. The molecule has 1 saturated heterocycles. The second-order valence-electron chi connectivity index (χ2n) is 6.48. The Hall–Kier alpha value is -1.22. The highest BCUT2D eigenvalue weighted by Gasteiger charge is 2.14. The van der Waals surface area contributed by atoms with Gasteiger partial charge in [0.05, 0.1) is 20.8 Å². The average Bonchev–Trinajstić information content (AvgIpc) is 2.63. The molecule has 0 amide bonds. The molecule has 148 valence electrons. The Balaban J connectivity index is 0.00000338. The van der Waals surface area contributed by atoms with Crippen LogP contribution in [0.25, 0.3) is 0 Å². The summed E-state index contributed by atoms with van der Waals surface area (Å²) >= 11 is 0. The van der Waals surface area contributed by atoms with Crippen molar-refractivity contribution < 1.29 is 9.47 Å². The summed E-state index contributed by atoms with van der Waals surface area (Å²) in [7, 11) is 3.28. The van der Waals surface area contributed by atoms with Gasteiger partial charge in [-0.2, -0.15) is 0 Å². The van der Waals surface area contributed by atoms with Crippen molar-refractivity contribution in [2.75, 3.05) is 52.3 Å². The molecule has 1 aromatic rings. The number of guanidine groups is 1. The van der Waals surface area contributed by atoms with Crippen molar-refractivity contribution in [3.63, 3.8) is 0 Å². The fourth-order valence-corrected chi connectivity index (χ4v) is 2.95. The van der Waals surface area contributed by atoms with Crippen molar-refractivity contribution >= 4 is 35.6 Å². The van der Waals surface area contributed by atoms with E-state index in [1.54, 1.807) is 14.2 Å². The van der Waals surface area contributed by atoms with Gasteiger partial charge in [-0.15, -0.1) is 24.0 Å². The second-order valence-corrected chi connectivity index (χ2v) is 6.48. The molecular formula is C19H33IN4O2. The van der Waals surface area contributed by atoms with Crippen molar-refractivity contribution in [1.29, 1.82) is 0 Å². The van der Waals surface area contributed by atoms with Gasteiger partial charge in [0.25, 0.3) is 0 Å². The summed E-state index contributed by atoms with van der Waals surface area (Å²) in [5.74, 6) is 3.07. The zero-order valence-electron chi connectivity index (χ0n) is 16.4. The van der Waals surface area contributed by atoms with Crippen LogP contribution in [0.2, 0.25) is 0 Å². The molecule has 0 atom stereocenters. The van der Waals surface area contributed by atoms with Gasteiger partial charge >= 0.3 is 0 Å². The average molecular weight is 476 g/mol. The molecule has 1 aromatic carbocycles. The van der Waals surface area contributed by atoms with E-state index in [1.165, 1.54) is 25.9 Å². The molecular weight excluding hydrogens is 443 g/mol. The van der Waals surface area contributed by atoms with E-state index >= 15 is 0 Å². The molecule has 0 unspecified atom stereocenters. The first-order valence-electron chi connectivity index (χ1n) is 9.16. The summed E-state index contributed by atoms with van der Waals surface area (Å²) in [6.45, 7) is 9.41. The van der Waals surface area contributed by atoms with Crippen LogP contribution >= 0.6 is 24.0 Å². The number of nitrogens with one attached hydrogen (secondary N) is 2. The molecule has 7 heteroatoms. The number of halogens is 1. The lowest BCUT2D eigenvalue weighted by Gasteiger charge is -2.29. The predicted molar refractivity (Wildman–Crippen MR) is 119 cm³/mol. The predicted octanol–water partition coefficient (Wildman–Crippen LogP) is 3.43. The number of likely N-dealkylation sites (tertiary alicyclic amines) is 1. The number of piperidine rings is 1. The Morgan fingerprint density at radius 2 is 1.88 bits per heavy atom. The van der Waals surface area contributed by atoms with E-state index in [-0.39, 0.29) is 24.0 Å². The Morgan fingerprint density at radius 3 is 2.50 bits per heavy atom. The van der Waals surface area contributed by atoms with Gasteiger partial charge in [-0.3, -0.25) is 4.99 Å². The van der Waals surface area contributed by atoms with E-state index in [1.807, 2.05) is 18.2 Å². The Kier molecular flexibility index (Phi) is 10.7. The first-order chi connectivity index (χ1) is 12.2. The number of rotatable bonds is 7. The molecule has 26 heavy (non-hydrogen) atoms. The van der Waals surface area contributed by atoms with Crippen LogP contribution in [0.3, 0.4) is 0 Å². The molecule has 2 rings (SSSR count). The molecule has 0 radical (unpaired) electrons. The van der Waals surface area contributed by atoms with E-state index in [0.717, 1.165) is 37.2 Å². The maximum atomic E-state index is 5.36. The lowest BCUT2D eigenvalue weighted by molar-refractivity contribution is 0.197. The van der Waals surface area contributed by atoms with Crippen LogP contribution in [0, 0.1) is 5.92 Å². The molecule has 1 aliphatic heterocycles. The maximum Gasteiger partial charge on any atom is 0.195 e. The fraction of sp³-hybridized carbons (Fsp3) is 0.632. The summed E-state index contributed by atoms with van der Waals surface area (Å²) in [5, 5.41) is 6.63. The lowest BCUT2D eigenvalue weighted by atomic mass is 9.99. The normalized spacial score (nSPS) is 15.9. The van der Waals surface area contributed by atoms with Gasteiger partial charge in [-0.25, -0.2) is 0 Å². The summed E-state index contributed by atoms with van der Waals surface area (Å²) in [6, 6.07) is 5.76. The molecule has 0 bridgehead atoms. The van der Waals surface area contributed by atoms with Crippen molar-refractivity contribution in [2.24, 2.45) is 10.9 Å². The number of benzene rings is 1. The number of hydrogen-bond acceptors (Lipinski definition) is 4. The molecule has 0 saturated carbocycles.